The fourth-order valence-corrected chi connectivity index (χ4v) is 4.09. The molecule has 0 bridgehead atoms. The molecule has 1 aromatic heterocycles. The van der Waals surface area contributed by atoms with Crippen molar-refractivity contribution in [1.82, 2.24) is 0 Å². The third-order valence-electron chi connectivity index (χ3n) is 4.51. The largest absolute Gasteiger partial charge is 0.477 e. The lowest BCUT2D eigenvalue weighted by molar-refractivity contribution is -0.424. The fraction of sp³-hybridized carbons (Fsp3) is 0.200. The van der Waals surface area contributed by atoms with Gasteiger partial charge in [0, 0.05) is 35.6 Å². The van der Waals surface area contributed by atoms with Gasteiger partial charge in [0.25, 0.3) is 5.91 Å². The van der Waals surface area contributed by atoms with Gasteiger partial charge < -0.3 is 10.0 Å². The summed E-state index contributed by atoms with van der Waals surface area (Å²) in [7, 11) is 0. The summed E-state index contributed by atoms with van der Waals surface area (Å²) in [5, 5.41) is 20.0. The van der Waals surface area contributed by atoms with Gasteiger partial charge in [-0.3, -0.25) is 14.9 Å². The van der Waals surface area contributed by atoms with E-state index in [1.54, 1.807) is 17.9 Å². The number of hydrogen-bond donors (Lipinski definition) is 1. The predicted molar refractivity (Wildman–Crippen MR) is 107 cm³/mol. The molecule has 8 heteroatoms. The van der Waals surface area contributed by atoms with Crippen molar-refractivity contribution in [3.8, 4) is 10.4 Å². The quantitative estimate of drug-likeness (QED) is 0.361. The molecule has 1 aliphatic heterocycles. The third kappa shape index (κ3) is 3.72. The van der Waals surface area contributed by atoms with Crippen LogP contribution in [0.4, 0.5) is 5.69 Å². The Morgan fingerprint density at radius 3 is 2.64 bits per heavy atom. The number of amides is 1. The zero-order valence-electron chi connectivity index (χ0n) is 15.3. The van der Waals surface area contributed by atoms with Gasteiger partial charge in [0.05, 0.1) is 10.6 Å². The third-order valence-corrected chi connectivity index (χ3v) is 5.71. The first-order valence-corrected chi connectivity index (χ1v) is 9.38. The Balaban J connectivity index is 2.01. The highest BCUT2D eigenvalue weighted by atomic mass is 32.1. The van der Waals surface area contributed by atoms with Crippen LogP contribution in [0, 0.1) is 10.1 Å². The number of rotatable bonds is 4. The molecule has 0 radical (unpaired) electrons. The van der Waals surface area contributed by atoms with Gasteiger partial charge in [-0.05, 0) is 37.1 Å². The molecule has 7 nitrogen and oxygen atoms in total. The summed E-state index contributed by atoms with van der Waals surface area (Å²) in [5.74, 6) is -1.20. The lowest BCUT2D eigenvalue weighted by Gasteiger charge is -2.23. The fourth-order valence-electron chi connectivity index (χ4n) is 3.00. The van der Waals surface area contributed by atoms with Gasteiger partial charge in [0.2, 0.25) is 5.70 Å². The molecule has 0 unspecified atom stereocenters. The van der Waals surface area contributed by atoms with E-state index >= 15 is 0 Å². The summed E-state index contributed by atoms with van der Waals surface area (Å²) >= 11 is 1.20. The summed E-state index contributed by atoms with van der Waals surface area (Å²) in [6.07, 6.45) is 3.29. The van der Waals surface area contributed by atoms with E-state index in [1.165, 1.54) is 30.4 Å². The van der Waals surface area contributed by atoms with Gasteiger partial charge in [-0.15, -0.1) is 11.3 Å². The Kier molecular flexibility index (Phi) is 5.41. The molecule has 144 valence electrons. The van der Waals surface area contributed by atoms with E-state index in [9.17, 15) is 24.8 Å². The van der Waals surface area contributed by atoms with E-state index in [4.69, 9.17) is 0 Å². The van der Waals surface area contributed by atoms with Crippen LogP contribution in [-0.4, -0.2) is 28.5 Å². The number of fused-ring (bicyclic) bond motifs is 3. The van der Waals surface area contributed by atoms with Crippen LogP contribution in [0.3, 0.4) is 0 Å². The average Bonchev–Trinajstić information content (AvgIpc) is 3.04. The molecular weight excluding hydrogens is 380 g/mol. The normalized spacial score (nSPS) is 14.1. The predicted octanol–water partition coefficient (Wildman–Crippen LogP) is 4.13. The SMILES string of the molecule is C/C(=C\C=C(/C)[N+](=O)[O-])C(=O)N1CCc2cc(C(=O)O)sc2-c2ccccc21. The maximum Gasteiger partial charge on any atom is 0.345 e. The minimum atomic E-state index is -0.963. The number of allylic oxidation sites excluding steroid dienone is 3. The molecule has 1 aliphatic rings. The van der Waals surface area contributed by atoms with Crippen LogP contribution < -0.4 is 4.90 Å². The molecule has 0 atom stereocenters. The summed E-state index contributed by atoms with van der Waals surface area (Å²) in [5.41, 5.74) is 2.74. The molecule has 28 heavy (non-hydrogen) atoms. The molecular formula is C20H18N2O5S. The lowest BCUT2D eigenvalue weighted by atomic mass is 10.1. The van der Waals surface area contributed by atoms with Crippen molar-refractivity contribution in [2.45, 2.75) is 20.3 Å². The van der Waals surface area contributed by atoms with E-state index in [0.29, 0.717) is 24.2 Å². The number of carbonyl (C=O) groups is 2. The highest BCUT2D eigenvalue weighted by molar-refractivity contribution is 7.17. The topological polar surface area (TPSA) is 101 Å². The second kappa shape index (κ2) is 7.77. The number of aromatic carboxylic acids is 1. The van der Waals surface area contributed by atoms with Crippen LogP contribution in [-0.2, 0) is 11.2 Å². The minimum absolute atomic E-state index is 0.0493. The smallest absolute Gasteiger partial charge is 0.345 e. The van der Waals surface area contributed by atoms with Crippen molar-refractivity contribution in [2.75, 3.05) is 11.4 Å². The van der Waals surface area contributed by atoms with Gasteiger partial charge in [-0.25, -0.2) is 4.79 Å². The standard InChI is InChI=1S/C20H18N2O5S/c1-12(7-8-13(2)22(26)27)19(23)21-10-9-14-11-17(20(24)25)28-18(14)15-5-3-4-6-16(15)21/h3-8,11H,9-10H2,1-2H3,(H,24,25)/b12-7+,13-8+. The monoisotopic (exact) mass is 398 g/mol. The van der Waals surface area contributed by atoms with Crippen LogP contribution in [0.5, 0.6) is 0 Å². The van der Waals surface area contributed by atoms with E-state index in [0.717, 1.165) is 16.0 Å². The Morgan fingerprint density at radius 1 is 1.25 bits per heavy atom. The van der Waals surface area contributed by atoms with Crippen LogP contribution >= 0.6 is 11.3 Å². The van der Waals surface area contributed by atoms with Crippen molar-refractivity contribution >= 4 is 28.9 Å². The Hall–Kier alpha value is -3.26. The first-order valence-electron chi connectivity index (χ1n) is 8.56. The van der Waals surface area contributed by atoms with Gasteiger partial charge in [0.1, 0.15) is 4.88 Å². The minimum Gasteiger partial charge on any atom is -0.477 e. The van der Waals surface area contributed by atoms with E-state index in [1.807, 2.05) is 24.3 Å². The summed E-state index contributed by atoms with van der Waals surface area (Å²) in [4.78, 5) is 37.4. The molecule has 2 heterocycles. The van der Waals surface area contributed by atoms with Crippen molar-refractivity contribution < 1.29 is 19.6 Å². The van der Waals surface area contributed by atoms with Crippen molar-refractivity contribution in [2.24, 2.45) is 0 Å². The molecule has 2 aromatic rings. The summed E-state index contributed by atoms with van der Waals surface area (Å²) in [6, 6.07) is 9.04. The number of carboxylic acid groups (broad SMARTS) is 1. The number of benzene rings is 1. The number of nitro groups is 1. The van der Waals surface area contributed by atoms with Crippen LogP contribution in [0.1, 0.15) is 29.1 Å². The van der Waals surface area contributed by atoms with E-state index in [-0.39, 0.29) is 16.5 Å². The number of carbonyl (C=O) groups excluding carboxylic acids is 1. The van der Waals surface area contributed by atoms with Crippen molar-refractivity contribution in [1.29, 1.82) is 0 Å². The Labute approximate surface area is 165 Å². The molecule has 0 spiro atoms. The number of carboxylic acids is 1. The lowest BCUT2D eigenvalue weighted by Crippen LogP contribution is -2.33. The number of hydrogen-bond acceptors (Lipinski definition) is 5. The van der Waals surface area contributed by atoms with Crippen molar-refractivity contribution in [3.63, 3.8) is 0 Å². The second-order valence-corrected chi connectivity index (χ2v) is 7.46. The zero-order chi connectivity index (χ0) is 20.4. The number of para-hydroxylation sites is 1. The van der Waals surface area contributed by atoms with Gasteiger partial charge in [-0.2, -0.15) is 0 Å². The van der Waals surface area contributed by atoms with Crippen LogP contribution in [0.2, 0.25) is 0 Å². The molecule has 0 aliphatic carbocycles. The molecule has 1 N–H and O–H groups in total. The van der Waals surface area contributed by atoms with Crippen molar-refractivity contribution in [3.05, 3.63) is 74.3 Å². The van der Waals surface area contributed by atoms with Gasteiger partial charge in [0.15, 0.2) is 0 Å². The summed E-state index contributed by atoms with van der Waals surface area (Å²) < 4.78 is 0. The molecule has 1 amide bonds. The Bertz CT molecular complexity index is 1030. The molecule has 3 rings (SSSR count). The van der Waals surface area contributed by atoms with Gasteiger partial charge in [-0.1, -0.05) is 18.2 Å². The van der Waals surface area contributed by atoms with Crippen LogP contribution in [0.15, 0.2) is 53.8 Å². The molecule has 0 saturated heterocycles. The number of nitrogens with zero attached hydrogens (tertiary/aromatic N) is 2. The van der Waals surface area contributed by atoms with Gasteiger partial charge >= 0.3 is 5.97 Å². The Morgan fingerprint density at radius 2 is 1.96 bits per heavy atom. The summed E-state index contributed by atoms with van der Waals surface area (Å²) in [6.45, 7) is 3.38. The number of thiophene rings is 1. The second-order valence-electron chi connectivity index (χ2n) is 6.41. The molecule has 0 saturated carbocycles. The zero-order valence-corrected chi connectivity index (χ0v) is 16.2. The average molecular weight is 398 g/mol. The first-order chi connectivity index (χ1) is 13.3. The van der Waals surface area contributed by atoms with Crippen LogP contribution in [0.25, 0.3) is 10.4 Å². The maximum absolute atomic E-state index is 13.0. The highest BCUT2D eigenvalue weighted by Crippen LogP contribution is 2.41. The van der Waals surface area contributed by atoms with E-state index in [2.05, 4.69) is 0 Å². The van der Waals surface area contributed by atoms with E-state index < -0.39 is 10.9 Å². The maximum atomic E-state index is 13.0. The molecule has 1 aromatic carbocycles. The molecule has 0 fully saturated rings. The highest BCUT2D eigenvalue weighted by Gasteiger charge is 2.27. The number of anilines is 1. The first kappa shape index (κ1) is 19.5.